The number of fused-ring (bicyclic) bond motifs is 1. The van der Waals surface area contributed by atoms with Gasteiger partial charge in [0.15, 0.2) is 11.5 Å². The van der Waals surface area contributed by atoms with Crippen LogP contribution in [0.3, 0.4) is 0 Å². The summed E-state index contributed by atoms with van der Waals surface area (Å²) in [5.41, 5.74) is 5.02. The molecule has 1 aliphatic rings. The van der Waals surface area contributed by atoms with Crippen LogP contribution in [0.15, 0.2) is 64.5 Å². The Hall–Kier alpha value is -3.41. The van der Waals surface area contributed by atoms with Crippen LogP contribution in [0.1, 0.15) is 31.0 Å². The molecule has 34 heavy (non-hydrogen) atoms. The van der Waals surface area contributed by atoms with Crippen LogP contribution in [0.4, 0.5) is 13.2 Å². The predicted molar refractivity (Wildman–Crippen MR) is 122 cm³/mol. The van der Waals surface area contributed by atoms with Gasteiger partial charge in [0.2, 0.25) is 0 Å². The highest BCUT2D eigenvalue weighted by molar-refractivity contribution is 6.02. The Morgan fingerprint density at radius 2 is 2.00 bits per heavy atom. The largest absolute Gasteiger partial charge is 0.433 e. The summed E-state index contributed by atoms with van der Waals surface area (Å²) in [6, 6.07) is 8.85. The van der Waals surface area contributed by atoms with Crippen molar-refractivity contribution in [2.24, 2.45) is 21.6 Å². The zero-order valence-electron chi connectivity index (χ0n) is 18.2. The summed E-state index contributed by atoms with van der Waals surface area (Å²) in [5.74, 6) is -0.365. The van der Waals surface area contributed by atoms with Gasteiger partial charge in [-0.3, -0.25) is 15.7 Å². The number of aliphatic hydroxyl groups is 2. The predicted octanol–water partition coefficient (Wildman–Crippen LogP) is 3.21. The molecule has 1 saturated carbocycles. The van der Waals surface area contributed by atoms with E-state index < -0.39 is 23.7 Å². The molecule has 0 bridgehead atoms. The van der Waals surface area contributed by atoms with E-state index in [9.17, 15) is 23.4 Å². The van der Waals surface area contributed by atoms with Crippen molar-refractivity contribution in [3.8, 4) is 5.82 Å². The highest BCUT2D eigenvalue weighted by Gasteiger charge is 2.44. The maximum absolute atomic E-state index is 13.1. The van der Waals surface area contributed by atoms with Gasteiger partial charge >= 0.3 is 6.18 Å². The van der Waals surface area contributed by atoms with Crippen LogP contribution in [-0.4, -0.2) is 49.2 Å². The van der Waals surface area contributed by atoms with Crippen LogP contribution in [0, 0.1) is 5.92 Å². The number of benzene rings is 1. The Balaban J connectivity index is 1.72. The van der Waals surface area contributed by atoms with E-state index in [1.54, 1.807) is 25.1 Å². The third-order valence-electron chi connectivity index (χ3n) is 5.88. The first-order valence-corrected chi connectivity index (χ1v) is 10.4. The van der Waals surface area contributed by atoms with Gasteiger partial charge in [0.25, 0.3) is 0 Å². The maximum atomic E-state index is 13.1. The summed E-state index contributed by atoms with van der Waals surface area (Å²) in [4.78, 5) is 11.9. The van der Waals surface area contributed by atoms with Gasteiger partial charge in [-0.1, -0.05) is 18.2 Å². The van der Waals surface area contributed by atoms with Crippen molar-refractivity contribution in [1.82, 2.24) is 14.8 Å². The van der Waals surface area contributed by atoms with Crippen molar-refractivity contribution < 1.29 is 23.4 Å². The van der Waals surface area contributed by atoms with Crippen LogP contribution < -0.4 is 5.73 Å². The maximum Gasteiger partial charge on any atom is 0.433 e. The number of aliphatic hydroxyl groups excluding tert-OH is 1. The molecule has 4 rings (SSSR count). The van der Waals surface area contributed by atoms with E-state index in [1.165, 1.54) is 29.2 Å². The smallest absolute Gasteiger partial charge is 0.393 e. The van der Waals surface area contributed by atoms with Crippen molar-refractivity contribution in [3.05, 3.63) is 65.7 Å². The summed E-state index contributed by atoms with van der Waals surface area (Å²) in [7, 11) is 0. The van der Waals surface area contributed by atoms with Crippen molar-refractivity contribution in [3.63, 3.8) is 0 Å². The van der Waals surface area contributed by atoms with Crippen LogP contribution >= 0.6 is 0 Å². The van der Waals surface area contributed by atoms with Crippen LogP contribution in [-0.2, 0) is 6.18 Å². The van der Waals surface area contributed by atoms with E-state index in [-0.39, 0.29) is 17.4 Å². The third kappa shape index (κ3) is 4.49. The van der Waals surface area contributed by atoms with E-state index in [0.29, 0.717) is 35.0 Å². The molecule has 11 heteroatoms. The second kappa shape index (κ2) is 8.75. The standard InChI is InChI=1S/C23H23F3N6O2/c1-13(30-20(12-28-2)22(27,34)16-9-17(33)10-16)14-6-7-15-11-29-32(18(15)8-14)21-5-3-4-19(31-21)23(24,25)26/h3-8,11-12,16-17,33-34H,2,9-10,27H2,1H3/b20-12-,30-13+/t16?,17?,22-/m0/s1. The van der Waals surface area contributed by atoms with Gasteiger partial charge in [0, 0.05) is 17.0 Å². The lowest BCUT2D eigenvalue weighted by Gasteiger charge is -2.41. The fourth-order valence-electron chi connectivity index (χ4n) is 3.83. The Morgan fingerprint density at radius 3 is 2.65 bits per heavy atom. The lowest BCUT2D eigenvalue weighted by molar-refractivity contribution is -0.141. The number of nitrogens with two attached hydrogens (primary N) is 1. The molecule has 3 aromatic rings. The minimum Gasteiger partial charge on any atom is -0.393 e. The first kappa shape index (κ1) is 23.7. The van der Waals surface area contributed by atoms with E-state index in [2.05, 4.69) is 26.8 Å². The van der Waals surface area contributed by atoms with Crippen molar-refractivity contribution in [2.75, 3.05) is 0 Å². The Labute approximate surface area is 193 Å². The van der Waals surface area contributed by atoms with Gasteiger partial charge < -0.3 is 10.2 Å². The minimum atomic E-state index is -4.58. The van der Waals surface area contributed by atoms with Gasteiger partial charge in [0.05, 0.1) is 24.0 Å². The molecule has 1 aromatic carbocycles. The van der Waals surface area contributed by atoms with E-state index in [4.69, 9.17) is 5.73 Å². The molecule has 0 aliphatic heterocycles. The molecule has 0 amide bonds. The number of hydrogen-bond acceptors (Lipinski definition) is 7. The lowest BCUT2D eigenvalue weighted by atomic mass is 9.74. The quantitative estimate of drug-likeness (QED) is 0.376. The van der Waals surface area contributed by atoms with Gasteiger partial charge in [0.1, 0.15) is 11.4 Å². The normalized spacial score (nSPS) is 21.3. The molecule has 178 valence electrons. The molecule has 0 unspecified atom stereocenters. The van der Waals surface area contributed by atoms with E-state index in [1.807, 2.05) is 0 Å². The van der Waals surface area contributed by atoms with Gasteiger partial charge in [-0.15, -0.1) is 0 Å². The summed E-state index contributed by atoms with van der Waals surface area (Å²) < 4.78 is 40.7. The second-order valence-corrected chi connectivity index (χ2v) is 8.25. The second-order valence-electron chi connectivity index (χ2n) is 8.25. The monoisotopic (exact) mass is 472 g/mol. The number of hydrogen-bond donors (Lipinski definition) is 3. The first-order chi connectivity index (χ1) is 16.0. The highest BCUT2D eigenvalue weighted by Crippen LogP contribution is 2.38. The molecule has 2 heterocycles. The summed E-state index contributed by atoms with van der Waals surface area (Å²) in [6.45, 7) is 5.11. The fraction of sp³-hybridized carbons (Fsp3) is 0.304. The number of halogens is 3. The average Bonchev–Trinajstić information content (AvgIpc) is 3.19. The topological polar surface area (TPSA) is 122 Å². The third-order valence-corrected chi connectivity index (χ3v) is 5.88. The van der Waals surface area contributed by atoms with Crippen molar-refractivity contribution in [2.45, 2.75) is 37.8 Å². The van der Waals surface area contributed by atoms with Gasteiger partial charge in [-0.2, -0.15) is 18.3 Å². The Kier molecular flexibility index (Phi) is 6.11. The SMILES string of the molecule is C=N/C=C(\N=C(/C)c1ccc2cnn(-c3cccc(C(F)(F)F)n3)c2c1)[C@@](N)(O)C1CC(O)C1. The zero-order valence-corrected chi connectivity index (χ0v) is 18.2. The molecule has 1 aliphatic carbocycles. The number of pyridine rings is 1. The summed E-state index contributed by atoms with van der Waals surface area (Å²) in [5, 5.41) is 25.3. The first-order valence-electron chi connectivity index (χ1n) is 10.4. The molecule has 4 N–H and O–H groups in total. The van der Waals surface area contributed by atoms with E-state index >= 15 is 0 Å². The van der Waals surface area contributed by atoms with Crippen molar-refractivity contribution in [1.29, 1.82) is 0 Å². The molecule has 0 saturated heterocycles. The number of nitrogens with zero attached hydrogens (tertiary/aromatic N) is 5. The summed E-state index contributed by atoms with van der Waals surface area (Å²) in [6.07, 6.45) is -1.62. The molecule has 0 radical (unpaired) electrons. The molecular formula is C23H23F3N6O2. The molecular weight excluding hydrogens is 449 g/mol. The number of rotatable bonds is 6. The zero-order chi connectivity index (χ0) is 24.7. The highest BCUT2D eigenvalue weighted by atomic mass is 19.4. The van der Waals surface area contributed by atoms with Gasteiger partial charge in [-0.25, -0.2) is 9.67 Å². The minimum absolute atomic E-state index is 0.0212. The van der Waals surface area contributed by atoms with Crippen molar-refractivity contribution >= 4 is 23.3 Å². The van der Waals surface area contributed by atoms with E-state index in [0.717, 1.165) is 6.07 Å². The Morgan fingerprint density at radius 1 is 1.26 bits per heavy atom. The Bertz CT molecular complexity index is 1290. The van der Waals surface area contributed by atoms with Gasteiger partial charge in [-0.05, 0) is 50.2 Å². The number of alkyl halides is 3. The van der Waals surface area contributed by atoms with Crippen LogP contribution in [0.5, 0.6) is 0 Å². The number of aromatic nitrogens is 3. The summed E-state index contributed by atoms with van der Waals surface area (Å²) >= 11 is 0. The van der Waals surface area contributed by atoms with Crippen LogP contribution in [0.25, 0.3) is 16.7 Å². The molecule has 8 nitrogen and oxygen atoms in total. The number of aliphatic imine (C=N–C) groups is 2. The lowest BCUT2D eigenvalue weighted by Crippen LogP contribution is -2.54. The fourth-order valence-corrected chi connectivity index (χ4v) is 3.83. The average molecular weight is 472 g/mol. The van der Waals surface area contributed by atoms with Crippen LogP contribution in [0.2, 0.25) is 0 Å². The molecule has 1 fully saturated rings. The molecule has 2 aromatic heterocycles. The molecule has 0 spiro atoms. The molecule has 1 atom stereocenters.